The Bertz CT molecular complexity index is 1320. The van der Waals surface area contributed by atoms with Crippen molar-refractivity contribution >= 4 is 34.7 Å². The highest BCUT2D eigenvalue weighted by atomic mass is 16.5. The number of ketones is 1. The van der Waals surface area contributed by atoms with E-state index < -0.39 is 17.7 Å². The zero-order valence-electron chi connectivity index (χ0n) is 18.9. The molecule has 0 radical (unpaired) electrons. The minimum atomic E-state index is -0.916. The molecule has 172 valence electrons. The van der Waals surface area contributed by atoms with Crippen LogP contribution in [0, 0.1) is 6.92 Å². The van der Waals surface area contributed by atoms with Crippen LogP contribution in [0.4, 0.5) is 11.4 Å². The Morgan fingerprint density at radius 3 is 2.50 bits per heavy atom. The summed E-state index contributed by atoms with van der Waals surface area (Å²) in [5.41, 5.74) is 2.55. The maximum Gasteiger partial charge on any atom is 0.300 e. The maximum absolute atomic E-state index is 13.3. The summed E-state index contributed by atoms with van der Waals surface area (Å²) >= 11 is 0. The van der Waals surface area contributed by atoms with E-state index in [1.807, 2.05) is 13.0 Å². The van der Waals surface area contributed by atoms with E-state index in [2.05, 4.69) is 10.3 Å². The van der Waals surface area contributed by atoms with Gasteiger partial charge in [0.05, 0.1) is 24.3 Å². The average molecular weight is 457 g/mol. The number of amides is 2. The Kier molecular flexibility index (Phi) is 6.14. The molecule has 2 heterocycles. The number of aromatic nitrogens is 1. The Labute approximate surface area is 196 Å². The molecule has 0 spiro atoms. The molecule has 1 atom stereocenters. The maximum atomic E-state index is 13.3. The van der Waals surface area contributed by atoms with Crippen LogP contribution in [-0.4, -0.2) is 34.8 Å². The first-order chi connectivity index (χ1) is 16.3. The molecule has 8 heteroatoms. The lowest BCUT2D eigenvalue weighted by atomic mass is 9.95. The van der Waals surface area contributed by atoms with Gasteiger partial charge in [-0.15, -0.1) is 0 Å². The number of pyridine rings is 1. The van der Waals surface area contributed by atoms with Gasteiger partial charge in [-0.3, -0.25) is 24.3 Å². The van der Waals surface area contributed by atoms with Crippen molar-refractivity contribution in [1.29, 1.82) is 0 Å². The molecule has 0 saturated carbocycles. The number of hydrogen-bond donors (Lipinski definition) is 2. The monoisotopic (exact) mass is 457 g/mol. The van der Waals surface area contributed by atoms with E-state index in [9.17, 15) is 19.5 Å². The summed E-state index contributed by atoms with van der Waals surface area (Å²) in [6.45, 7) is 3.23. The number of benzene rings is 2. The van der Waals surface area contributed by atoms with Crippen molar-refractivity contribution in [3.05, 3.63) is 89.3 Å². The summed E-state index contributed by atoms with van der Waals surface area (Å²) in [6, 6.07) is 14.3. The van der Waals surface area contributed by atoms with Gasteiger partial charge in [0, 0.05) is 30.7 Å². The van der Waals surface area contributed by atoms with Gasteiger partial charge in [0.1, 0.15) is 11.5 Å². The summed E-state index contributed by atoms with van der Waals surface area (Å²) in [7, 11) is 1.47. The number of hydrogen-bond acceptors (Lipinski definition) is 6. The van der Waals surface area contributed by atoms with Gasteiger partial charge in [0.2, 0.25) is 5.91 Å². The molecule has 1 aliphatic heterocycles. The summed E-state index contributed by atoms with van der Waals surface area (Å²) in [4.78, 5) is 43.5. The molecule has 2 N–H and O–H groups in total. The van der Waals surface area contributed by atoms with Gasteiger partial charge in [0.15, 0.2) is 0 Å². The second-order valence-electron chi connectivity index (χ2n) is 7.88. The fourth-order valence-electron chi connectivity index (χ4n) is 4.05. The topological polar surface area (TPSA) is 109 Å². The van der Waals surface area contributed by atoms with Crippen LogP contribution in [0.25, 0.3) is 5.76 Å². The summed E-state index contributed by atoms with van der Waals surface area (Å²) in [6.07, 6.45) is 3.10. The number of aryl methyl sites for hydroxylation is 1. The van der Waals surface area contributed by atoms with Crippen molar-refractivity contribution in [2.45, 2.75) is 19.9 Å². The molecule has 1 saturated heterocycles. The van der Waals surface area contributed by atoms with Crippen molar-refractivity contribution in [2.75, 3.05) is 17.3 Å². The Morgan fingerprint density at radius 2 is 1.82 bits per heavy atom. The second-order valence-corrected chi connectivity index (χ2v) is 7.88. The predicted octanol–water partition coefficient (Wildman–Crippen LogP) is 3.98. The number of aliphatic hydroxyl groups is 1. The zero-order chi connectivity index (χ0) is 24.4. The molecule has 1 aliphatic rings. The number of carbonyl (C=O) groups is 3. The van der Waals surface area contributed by atoms with Crippen molar-refractivity contribution in [1.82, 2.24) is 4.98 Å². The smallest absolute Gasteiger partial charge is 0.300 e. The molecule has 3 aromatic rings. The van der Waals surface area contributed by atoms with Crippen molar-refractivity contribution in [3.8, 4) is 5.75 Å². The van der Waals surface area contributed by atoms with Crippen LogP contribution in [0.5, 0.6) is 5.75 Å². The SMILES string of the molecule is COc1ccc(C)cc1/C(O)=C1\C(=O)C(=O)N(c2cccc(NC(C)=O)c2)C1c1ccncc1. The van der Waals surface area contributed by atoms with Gasteiger partial charge in [-0.2, -0.15) is 0 Å². The van der Waals surface area contributed by atoms with Crippen molar-refractivity contribution < 1.29 is 24.2 Å². The predicted molar refractivity (Wildman–Crippen MR) is 127 cm³/mol. The number of anilines is 2. The molecule has 0 bridgehead atoms. The quantitative estimate of drug-likeness (QED) is 0.341. The van der Waals surface area contributed by atoms with E-state index in [1.165, 1.54) is 18.9 Å². The first-order valence-corrected chi connectivity index (χ1v) is 10.6. The van der Waals surface area contributed by atoms with Gasteiger partial charge in [-0.25, -0.2) is 0 Å². The van der Waals surface area contributed by atoms with Crippen molar-refractivity contribution in [3.63, 3.8) is 0 Å². The number of Topliss-reactive ketones (excluding diaryl/α,β-unsaturated/α-hetero) is 1. The fraction of sp³-hybridized carbons (Fsp3) is 0.154. The molecule has 2 amide bonds. The van der Waals surface area contributed by atoms with E-state index in [1.54, 1.807) is 60.9 Å². The highest BCUT2D eigenvalue weighted by Crippen LogP contribution is 2.43. The first-order valence-electron chi connectivity index (χ1n) is 10.6. The molecular formula is C26H23N3O5. The highest BCUT2D eigenvalue weighted by molar-refractivity contribution is 6.51. The van der Waals surface area contributed by atoms with Crippen LogP contribution in [0.15, 0.2) is 72.6 Å². The lowest BCUT2D eigenvalue weighted by molar-refractivity contribution is -0.132. The average Bonchev–Trinajstić information content (AvgIpc) is 3.09. The number of aliphatic hydroxyl groups excluding tert-OH is 1. The Morgan fingerprint density at radius 1 is 1.09 bits per heavy atom. The van der Waals surface area contributed by atoms with Crippen LogP contribution in [0.2, 0.25) is 0 Å². The highest BCUT2D eigenvalue weighted by Gasteiger charge is 2.47. The summed E-state index contributed by atoms with van der Waals surface area (Å²) < 4.78 is 5.39. The Hall–Kier alpha value is -4.46. The molecule has 1 aromatic heterocycles. The van der Waals surface area contributed by atoms with E-state index in [0.29, 0.717) is 28.3 Å². The van der Waals surface area contributed by atoms with Crippen LogP contribution in [-0.2, 0) is 14.4 Å². The van der Waals surface area contributed by atoms with Gasteiger partial charge in [-0.05, 0) is 55.0 Å². The molecule has 0 aliphatic carbocycles. The summed E-state index contributed by atoms with van der Waals surface area (Å²) in [5.74, 6) is -1.85. The van der Waals surface area contributed by atoms with Gasteiger partial charge in [0.25, 0.3) is 11.7 Å². The number of nitrogens with zero attached hydrogens (tertiary/aromatic N) is 2. The number of ether oxygens (including phenoxy) is 1. The normalized spacial score (nSPS) is 17.0. The third kappa shape index (κ3) is 4.13. The third-order valence-electron chi connectivity index (χ3n) is 5.52. The molecule has 1 fully saturated rings. The second kappa shape index (κ2) is 9.19. The molecule has 34 heavy (non-hydrogen) atoms. The molecule has 2 aromatic carbocycles. The number of rotatable bonds is 5. The number of methoxy groups -OCH3 is 1. The first kappa shape index (κ1) is 22.7. The summed E-state index contributed by atoms with van der Waals surface area (Å²) in [5, 5.41) is 14.0. The number of carbonyl (C=O) groups excluding carboxylic acids is 3. The standard InChI is InChI=1S/C26H23N3O5/c1-15-7-8-21(34-3)20(13-15)24(31)22-23(17-9-11-27-12-10-17)29(26(33)25(22)32)19-6-4-5-18(14-19)28-16(2)30/h4-14,23,31H,1-3H3,(H,28,30)/b24-22+. The molecule has 8 nitrogen and oxygen atoms in total. The van der Waals surface area contributed by atoms with E-state index in [4.69, 9.17) is 4.74 Å². The van der Waals surface area contributed by atoms with Crippen LogP contribution < -0.4 is 15.0 Å². The van der Waals surface area contributed by atoms with Crippen LogP contribution in [0.1, 0.15) is 29.7 Å². The van der Waals surface area contributed by atoms with E-state index in [-0.39, 0.29) is 17.2 Å². The van der Waals surface area contributed by atoms with E-state index >= 15 is 0 Å². The van der Waals surface area contributed by atoms with Gasteiger partial charge in [-0.1, -0.05) is 17.7 Å². The fourth-order valence-corrected chi connectivity index (χ4v) is 4.05. The molecule has 4 rings (SSSR count). The Balaban J connectivity index is 1.94. The third-order valence-corrected chi connectivity index (χ3v) is 5.52. The number of nitrogens with one attached hydrogen (secondary N) is 1. The molecule has 1 unspecified atom stereocenters. The lowest BCUT2D eigenvalue weighted by Gasteiger charge is -2.26. The van der Waals surface area contributed by atoms with Gasteiger partial charge >= 0.3 is 0 Å². The van der Waals surface area contributed by atoms with Crippen molar-refractivity contribution in [2.24, 2.45) is 0 Å². The van der Waals surface area contributed by atoms with Gasteiger partial charge < -0.3 is 15.2 Å². The minimum absolute atomic E-state index is 0.0648. The lowest BCUT2D eigenvalue weighted by Crippen LogP contribution is -2.29. The largest absolute Gasteiger partial charge is 0.507 e. The zero-order valence-corrected chi connectivity index (χ0v) is 18.9. The van der Waals surface area contributed by atoms with Crippen LogP contribution >= 0.6 is 0 Å². The van der Waals surface area contributed by atoms with Crippen LogP contribution in [0.3, 0.4) is 0 Å². The minimum Gasteiger partial charge on any atom is -0.507 e. The van der Waals surface area contributed by atoms with E-state index in [0.717, 1.165) is 5.56 Å². The molecular weight excluding hydrogens is 434 g/mol.